The van der Waals surface area contributed by atoms with Gasteiger partial charge in [0, 0.05) is 14.1 Å². The molecule has 0 saturated carbocycles. The van der Waals surface area contributed by atoms with E-state index in [1.54, 1.807) is 21.0 Å². The van der Waals surface area contributed by atoms with E-state index >= 15 is 0 Å². The van der Waals surface area contributed by atoms with E-state index in [0.717, 1.165) is 19.4 Å². The standard InChI is InChI=1S/C10H19N3O2/c1-7(10(15)13(2)3)12-9(14)8-5-4-6-11-8/h7-8,11H,4-6H2,1-3H3,(H,12,14)/t7?,8-/m0/s1. The average Bonchev–Trinajstić information content (AvgIpc) is 2.68. The van der Waals surface area contributed by atoms with Gasteiger partial charge < -0.3 is 15.5 Å². The molecule has 5 heteroatoms. The van der Waals surface area contributed by atoms with Gasteiger partial charge in [0.15, 0.2) is 0 Å². The van der Waals surface area contributed by atoms with Crippen LogP contribution in [0, 0.1) is 0 Å². The zero-order chi connectivity index (χ0) is 11.4. The first-order valence-corrected chi connectivity index (χ1v) is 5.27. The molecule has 0 spiro atoms. The quantitative estimate of drug-likeness (QED) is 0.653. The van der Waals surface area contributed by atoms with Crippen molar-refractivity contribution < 1.29 is 9.59 Å². The SMILES string of the molecule is CC(NC(=O)[C@@H]1CCCN1)C(=O)N(C)C. The van der Waals surface area contributed by atoms with Crippen molar-refractivity contribution in [3.05, 3.63) is 0 Å². The molecule has 1 aliphatic rings. The summed E-state index contributed by atoms with van der Waals surface area (Å²) >= 11 is 0. The van der Waals surface area contributed by atoms with Crippen LogP contribution in [0.2, 0.25) is 0 Å². The normalized spacial score (nSPS) is 22.2. The molecule has 1 fully saturated rings. The Morgan fingerprint density at radius 3 is 2.60 bits per heavy atom. The number of hydrogen-bond donors (Lipinski definition) is 2. The number of nitrogens with one attached hydrogen (secondary N) is 2. The lowest BCUT2D eigenvalue weighted by molar-refractivity contribution is -0.134. The van der Waals surface area contributed by atoms with Gasteiger partial charge >= 0.3 is 0 Å². The van der Waals surface area contributed by atoms with Gasteiger partial charge in [-0.15, -0.1) is 0 Å². The minimum Gasteiger partial charge on any atom is -0.347 e. The van der Waals surface area contributed by atoms with Crippen molar-refractivity contribution in [2.75, 3.05) is 20.6 Å². The van der Waals surface area contributed by atoms with E-state index in [1.165, 1.54) is 4.90 Å². The highest BCUT2D eigenvalue weighted by atomic mass is 16.2. The van der Waals surface area contributed by atoms with Gasteiger partial charge in [0.2, 0.25) is 11.8 Å². The molecule has 5 nitrogen and oxygen atoms in total. The third kappa shape index (κ3) is 3.20. The van der Waals surface area contributed by atoms with Crippen molar-refractivity contribution in [2.24, 2.45) is 0 Å². The molecule has 0 aromatic carbocycles. The second-order valence-electron chi connectivity index (χ2n) is 4.11. The van der Waals surface area contributed by atoms with Gasteiger partial charge in [-0.05, 0) is 26.3 Å². The number of hydrogen-bond acceptors (Lipinski definition) is 3. The van der Waals surface area contributed by atoms with Crippen LogP contribution in [0.15, 0.2) is 0 Å². The second-order valence-corrected chi connectivity index (χ2v) is 4.11. The molecule has 0 bridgehead atoms. The predicted molar refractivity (Wildman–Crippen MR) is 57.3 cm³/mol. The maximum absolute atomic E-state index is 11.6. The summed E-state index contributed by atoms with van der Waals surface area (Å²) in [7, 11) is 3.36. The average molecular weight is 213 g/mol. The molecule has 86 valence electrons. The van der Waals surface area contributed by atoms with E-state index in [0.29, 0.717) is 0 Å². The van der Waals surface area contributed by atoms with E-state index in [9.17, 15) is 9.59 Å². The predicted octanol–water partition coefficient (Wildman–Crippen LogP) is -0.669. The Morgan fingerprint density at radius 1 is 1.47 bits per heavy atom. The molecular formula is C10H19N3O2. The third-order valence-electron chi connectivity index (χ3n) is 2.55. The fourth-order valence-electron chi connectivity index (χ4n) is 1.67. The lowest BCUT2D eigenvalue weighted by Crippen LogP contribution is -2.49. The summed E-state index contributed by atoms with van der Waals surface area (Å²) in [6.07, 6.45) is 1.88. The van der Waals surface area contributed by atoms with Gasteiger partial charge in [-0.25, -0.2) is 0 Å². The summed E-state index contributed by atoms with van der Waals surface area (Å²) in [5.74, 6) is -0.156. The maximum Gasteiger partial charge on any atom is 0.244 e. The maximum atomic E-state index is 11.6. The Kier molecular flexibility index (Phi) is 4.08. The number of likely N-dealkylation sites (N-methyl/N-ethyl adjacent to an activating group) is 1. The van der Waals surface area contributed by atoms with Crippen molar-refractivity contribution in [3.8, 4) is 0 Å². The molecule has 1 unspecified atom stereocenters. The fourth-order valence-corrected chi connectivity index (χ4v) is 1.67. The largest absolute Gasteiger partial charge is 0.347 e. The molecule has 1 rings (SSSR count). The molecule has 1 heterocycles. The topological polar surface area (TPSA) is 61.4 Å². The summed E-state index contributed by atoms with van der Waals surface area (Å²) in [5, 5.41) is 5.80. The van der Waals surface area contributed by atoms with Crippen LogP contribution in [-0.2, 0) is 9.59 Å². The molecule has 1 aliphatic heterocycles. The lowest BCUT2D eigenvalue weighted by atomic mass is 10.2. The van der Waals surface area contributed by atoms with Crippen LogP contribution >= 0.6 is 0 Å². The number of amides is 2. The number of rotatable bonds is 3. The van der Waals surface area contributed by atoms with Gasteiger partial charge in [-0.3, -0.25) is 9.59 Å². The van der Waals surface area contributed by atoms with E-state index in [2.05, 4.69) is 10.6 Å². The van der Waals surface area contributed by atoms with E-state index in [-0.39, 0.29) is 17.9 Å². The van der Waals surface area contributed by atoms with Crippen LogP contribution in [-0.4, -0.2) is 49.4 Å². The molecule has 1 saturated heterocycles. The second kappa shape index (κ2) is 5.11. The van der Waals surface area contributed by atoms with Crippen LogP contribution in [0.1, 0.15) is 19.8 Å². The minimum atomic E-state index is -0.449. The summed E-state index contributed by atoms with van der Waals surface area (Å²) in [6.45, 7) is 2.59. The smallest absolute Gasteiger partial charge is 0.244 e. The summed E-state index contributed by atoms with van der Waals surface area (Å²) in [6, 6.07) is -0.572. The number of carbonyl (C=O) groups is 2. The van der Waals surface area contributed by atoms with E-state index < -0.39 is 6.04 Å². The molecule has 0 aliphatic carbocycles. The molecular weight excluding hydrogens is 194 g/mol. The van der Waals surface area contributed by atoms with Crippen LogP contribution in [0.4, 0.5) is 0 Å². The molecule has 0 radical (unpaired) electrons. The first-order valence-electron chi connectivity index (χ1n) is 5.27. The zero-order valence-electron chi connectivity index (χ0n) is 9.54. The molecule has 0 aromatic rings. The zero-order valence-corrected chi connectivity index (χ0v) is 9.54. The van der Waals surface area contributed by atoms with Crippen molar-refractivity contribution in [1.29, 1.82) is 0 Å². The van der Waals surface area contributed by atoms with Gasteiger partial charge in [0.25, 0.3) is 0 Å². The molecule has 15 heavy (non-hydrogen) atoms. The number of nitrogens with zero attached hydrogens (tertiary/aromatic N) is 1. The summed E-state index contributed by atoms with van der Waals surface area (Å²) in [5.41, 5.74) is 0. The van der Waals surface area contributed by atoms with Crippen molar-refractivity contribution in [3.63, 3.8) is 0 Å². The Balaban J connectivity index is 2.40. The Labute approximate surface area is 90.2 Å². The lowest BCUT2D eigenvalue weighted by Gasteiger charge is -2.19. The highest BCUT2D eigenvalue weighted by Crippen LogP contribution is 2.05. The molecule has 0 aromatic heterocycles. The van der Waals surface area contributed by atoms with E-state index in [1.807, 2.05) is 0 Å². The Hall–Kier alpha value is -1.10. The van der Waals surface area contributed by atoms with Crippen molar-refractivity contribution >= 4 is 11.8 Å². The van der Waals surface area contributed by atoms with Gasteiger partial charge in [0.1, 0.15) is 6.04 Å². The Morgan fingerprint density at radius 2 is 2.13 bits per heavy atom. The van der Waals surface area contributed by atoms with Gasteiger partial charge in [-0.2, -0.15) is 0 Å². The highest BCUT2D eigenvalue weighted by molar-refractivity contribution is 5.89. The van der Waals surface area contributed by atoms with Crippen LogP contribution in [0.5, 0.6) is 0 Å². The third-order valence-corrected chi connectivity index (χ3v) is 2.55. The Bertz CT molecular complexity index is 247. The summed E-state index contributed by atoms with van der Waals surface area (Å²) in [4.78, 5) is 24.6. The van der Waals surface area contributed by atoms with Crippen molar-refractivity contribution in [2.45, 2.75) is 31.8 Å². The molecule has 2 amide bonds. The fraction of sp³-hybridized carbons (Fsp3) is 0.800. The van der Waals surface area contributed by atoms with Crippen LogP contribution in [0.3, 0.4) is 0 Å². The van der Waals surface area contributed by atoms with Crippen molar-refractivity contribution in [1.82, 2.24) is 15.5 Å². The van der Waals surface area contributed by atoms with Crippen LogP contribution < -0.4 is 10.6 Å². The van der Waals surface area contributed by atoms with Gasteiger partial charge in [0.05, 0.1) is 6.04 Å². The summed E-state index contributed by atoms with van der Waals surface area (Å²) < 4.78 is 0. The molecule has 2 N–H and O–H groups in total. The van der Waals surface area contributed by atoms with Gasteiger partial charge in [-0.1, -0.05) is 0 Å². The first-order chi connectivity index (χ1) is 7.02. The minimum absolute atomic E-state index is 0.0739. The number of carbonyl (C=O) groups excluding carboxylic acids is 2. The monoisotopic (exact) mass is 213 g/mol. The molecule has 2 atom stereocenters. The van der Waals surface area contributed by atoms with E-state index in [4.69, 9.17) is 0 Å². The first kappa shape index (κ1) is 12.0. The highest BCUT2D eigenvalue weighted by Gasteiger charge is 2.25. The van der Waals surface area contributed by atoms with Crippen LogP contribution in [0.25, 0.3) is 0 Å².